The van der Waals surface area contributed by atoms with Crippen LogP contribution in [0.5, 0.6) is 0 Å². The van der Waals surface area contributed by atoms with Crippen LogP contribution in [0, 0.1) is 0 Å². The van der Waals surface area contributed by atoms with Crippen LogP contribution in [0.2, 0.25) is 0 Å². The molecule has 0 saturated heterocycles. The molecular formula is C13H24O2P+. The van der Waals surface area contributed by atoms with Crippen LogP contribution >= 0.6 is 8.03 Å². The van der Waals surface area contributed by atoms with Crippen LogP contribution in [-0.2, 0) is 9.09 Å². The SMILES string of the molecule is C=CCC=C[P+](=O)OCCCCCCCC. The molecule has 0 aliphatic rings. The molecule has 0 aromatic rings. The van der Waals surface area contributed by atoms with E-state index in [-0.39, 0.29) is 0 Å². The minimum absolute atomic E-state index is 0.611. The van der Waals surface area contributed by atoms with Gasteiger partial charge in [0.1, 0.15) is 6.61 Å². The largest absolute Gasteiger partial charge is 0.540 e. The minimum atomic E-state index is -1.60. The van der Waals surface area contributed by atoms with E-state index in [2.05, 4.69) is 13.5 Å². The van der Waals surface area contributed by atoms with Crippen LogP contribution in [0.1, 0.15) is 51.9 Å². The van der Waals surface area contributed by atoms with E-state index in [0.717, 1.165) is 12.8 Å². The summed E-state index contributed by atoms with van der Waals surface area (Å²) in [4.78, 5) is 0. The van der Waals surface area contributed by atoms with E-state index in [0.29, 0.717) is 6.61 Å². The first kappa shape index (κ1) is 15.5. The van der Waals surface area contributed by atoms with Crippen molar-refractivity contribution in [2.45, 2.75) is 51.9 Å². The van der Waals surface area contributed by atoms with Gasteiger partial charge < -0.3 is 0 Å². The van der Waals surface area contributed by atoms with Crippen LogP contribution in [0.15, 0.2) is 24.5 Å². The number of rotatable bonds is 11. The monoisotopic (exact) mass is 243 g/mol. The maximum atomic E-state index is 11.3. The Labute approximate surface area is 101 Å². The summed E-state index contributed by atoms with van der Waals surface area (Å²) in [7, 11) is -1.60. The van der Waals surface area contributed by atoms with Crippen molar-refractivity contribution in [3.8, 4) is 0 Å². The highest BCUT2D eigenvalue weighted by molar-refractivity contribution is 7.42. The first-order valence-electron chi connectivity index (χ1n) is 6.18. The van der Waals surface area contributed by atoms with Crippen LogP contribution in [0.4, 0.5) is 0 Å². The maximum Gasteiger partial charge on any atom is 0.540 e. The fourth-order valence-corrected chi connectivity index (χ4v) is 2.01. The van der Waals surface area contributed by atoms with Gasteiger partial charge in [0, 0.05) is 0 Å². The molecule has 3 heteroatoms. The van der Waals surface area contributed by atoms with E-state index in [4.69, 9.17) is 4.52 Å². The molecule has 0 saturated carbocycles. The lowest BCUT2D eigenvalue weighted by Gasteiger charge is -1.96. The highest BCUT2D eigenvalue weighted by atomic mass is 31.1. The summed E-state index contributed by atoms with van der Waals surface area (Å²) in [5, 5.41) is 0. The molecule has 0 heterocycles. The molecule has 0 N–H and O–H groups in total. The summed E-state index contributed by atoms with van der Waals surface area (Å²) in [6.45, 7) is 6.40. The predicted molar refractivity (Wildman–Crippen MR) is 70.9 cm³/mol. The van der Waals surface area contributed by atoms with Crippen molar-refractivity contribution in [1.29, 1.82) is 0 Å². The number of hydrogen-bond donors (Lipinski definition) is 0. The summed E-state index contributed by atoms with van der Waals surface area (Å²) in [6, 6.07) is 0. The first-order valence-corrected chi connectivity index (χ1v) is 7.42. The molecule has 0 aliphatic carbocycles. The van der Waals surface area contributed by atoms with Crippen molar-refractivity contribution < 1.29 is 9.09 Å². The lowest BCUT2D eigenvalue weighted by Crippen LogP contribution is -1.86. The highest BCUT2D eigenvalue weighted by Crippen LogP contribution is 2.24. The second-order valence-electron chi connectivity index (χ2n) is 3.80. The quantitative estimate of drug-likeness (QED) is 0.283. The number of unbranched alkanes of at least 4 members (excludes halogenated alkanes) is 5. The van der Waals surface area contributed by atoms with Gasteiger partial charge in [0.2, 0.25) is 0 Å². The van der Waals surface area contributed by atoms with Gasteiger partial charge in [0.05, 0.1) is 0 Å². The van der Waals surface area contributed by atoms with Crippen molar-refractivity contribution in [3.63, 3.8) is 0 Å². The smallest absolute Gasteiger partial charge is 0.142 e. The van der Waals surface area contributed by atoms with Crippen LogP contribution in [-0.4, -0.2) is 6.61 Å². The van der Waals surface area contributed by atoms with Gasteiger partial charge in [-0.1, -0.05) is 45.1 Å². The van der Waals surface area contributed by atoms with Gasteiger partial charge in [-0.15, -0.1) is 11.1 Å². The Balaban J connectivity index is 3.24. The van der Waals surface area contributed by atoms with Gasteiger partial charge in [0.25, 0.3) is 0 Å². The Hall–Kier alpha value is -0.460. The summed E-state index contributed by atoms with van der Waals surface area (Å²) in [5.41, 5.74) is 0. The van der Waals surface area contributed by atoms with Crippen LogP contribution in [0.25, 0.3) is 0 Å². The Morgan fingerprint density at radius 1 is 1.19 bits per heavy atom. The molecule has 0 spiro atoms. The molecule has 0 fully saturated rings. The molecule has 1 atom stereocenters. The van der Waals surface area contributed by atoms with Gasteiger partial charge in [-0.25, -0.2) is 0 Å². The minimum Gasteiger partial charge on any atom is -0.142 e. The van der Waals surface area contributed by atoms with Crippen molar-refractivity contribution in [2.24, 2.45) is 0 Å². The van der Waals surface area contributed by atoms with Gasteiger partial charge in [-0.3, -0.25) is 0 Å². The molecule has 0 amide bonds. The Kier molecular flexibility index (Phi) is 12.2. The van der Waals surface area contributed by atoms with Crippen molar-refractivity contribution in [2.75, 3.05) is 6.61 Å². The Morgan fingerprint density at radius 2 is 1.88 bits per heavy atom. The molecule has 0 aromatic carbocycles. The predicted octanol–water partition coefficient (Wildman–Crippen LogP) is 5.20. The molecule has 0 aromatic heterocycles. The fourth-order valence-electron chi connectivity index (χ4n) is 1.32. The first-order chi connectivity index (χ1) is 7.81. The summed E-state index contributed by atoms with van der Waals surface area (Å²) in [6.07, 6.45) is 11.7. The summed E-state index contributed by atoms with van der Waals surface area (Å²) >= 11 is 0. The van der Waals surface area contributed by atoms with Gasteiger partial charge in [0.15, 0.2) is 5.82 Å². The molecule has 2 nitrogen and oxygen atoms in total. The average molecular weight is 243 g/mol. The average Bonchev–Trinajstić information content (AvgIpc) is 2.28. The topological polar surface area (TPSA) is 26.3 Å². The van der Waals surface area contributed by atoms with E-state index in [1.165, 1.54) is 32.1 Å². The van der Waals surface area contributed by atoms with Crippen molar-refractivity contribution in [3.05, 3.63) is 24.5 Å². The van der Waals surface area contributed by atoms with Gasteiger partial charge in [-0.2, -0.15) is 0 Å². The van der Waals surface area contributed by atoms with Crippen LogP contribution in [0.3, 0.4) is 0 Å². The van der Waals surface area contributed by atoms with Crippen molar-refractivity contribution >= 4 is 8.03 Å². The second-order valence-corrected chi connectivity index (χ2v) is 4.92. The van der Waals surface area contributed by atoms with E-state index in [1.807, 2.05) is 6.08 Å². The van der Waals surface area contributed by atoms with E-state index in [9.17, 15) is 4.57 Å². The van der Waals surface area contributed by atoms with Crippen molar-refractivity contribution in [1.82, 2.24) is 0 Å². The summed E-state index contributed by atoms with van der Waals surface area (Å²) < 4.78 is 16.4. The molecule has 16 heavy (non-hydrogen) atoms. The van der Waals surface area contributed by atoms with E-state index < -0.39 is 8.03 Å². The standard InChI is InChI=1S/C13H24O2P/c1-3-5-7-8-9-10-12-15-16(14)13-11-6-4-2/h4,11,13H,2-3,5-10,12H2,1H3/q+1. The molecule has 0 aliphatic heterocycles. The third kappa shape index (κ3) is 11.6. The second kappa shape index (κ2) is 12.6. The Bertz CT molecular complexity index is 212. The fraction of sp³-hybridized carbons (Fsp3) is 0.692. The lowest BCUT2D eigenvalue weighted by atomic mass is 10.1. The zero-order chi connectivity index (χ0) is 12.1. The third-order valence-electron chi connectivity index (χ3n) is 2.25. The van der Waals surface area contributed by atoms with Crippen LogP contribution < -0.4 is 0 Å². The Morgan fingerprint density at radius 3 is 2.56 bits per heavy atom. The molecule has 1 unspecified atom stereocenters. The zero-order valence-corrected chi connectivity index (χ0v) is 11.3. The zero-order valence-electron chi connectivity index (χ0n) is 10.4. The van der Waals surface area contributed by atoms with Gasteiger partial charge in [-0.05, 0) is 23.5 Å². The molecule has 0 rings (SSSR count). The third-order valence-corrected chi connectivity index (χ3v) is 3.14. The van der Waals surface area contributed by atoms with E-state index >= 15 is 0 Å². The highest BCUT2D eigenvalue weighted by Gasteiger charge is 2.10. The van der Waals surface area contributed by atoms with Gasteiger partial charge >= 0.3 is 8.03 Å². The number of hydrogen-bond acceptors (Lipinski definition) is 2. The summed E-state index contributed by atoms with van der Waals surface area (Å²) in [5.74, 6) is 1.62. The molecule has 0 bridgehead atoms. The lowest BCUT2D eigenvalue weighted by molar-refractivity contribution is 0.320. The maximum absolute atomic E-state index is 11.3. The molecule has 92 valence electrons. The number of allylic oxidation sites excluding steroid dienone is 2. The molecular weight excluding hydrogens is 219 g/mol. The normalized spacial score (nSPS) is 11.9. The van der Waals surface area contributed by atoms with E-state index in [1.54, 1.807) is 11.9 Å². The molecule has 0 radical (unpaired) electrons.